The monoisotopic (exact) mass is 355 g/mol. The Morgan fingerprint density at radius 1 is 0.852 bits per heavy atom. The Morgan fingerprint density at radius 2 is 1.48 bits per heavy atom. The van der Waals surface area contributed by atoms with Gasteiger partial charge in [-0.3, -0.25) is 4.79 Å². The van der Waals surface area contributed by atoms with Gasteiger partial charge in [-0.15, -0.1) is 0 Å². The molecule has 2 unspecified atom stereocenters. The molecule has 136 valence electrons. The summed E-state index contributed by atoms with van der Waals surface area (Å²) >= 11 is 0. The maximum absolute atomic E-state index is 13.6. The molecule has 0 bridgehead atoms. The van der Waals surface area contributed by atoms with Crippen LogP contribution in [-0.2, 0) is 17.8 Å². The Kier molecular flexibility index (Phi) is 5.06. The summed E-state index contributed by atoms with van der Waals surface area (Å²) < 4.78 is 0. The molecule has 0 saturated heterocycles. The van der Waals surface area contributed by atoms with Crippen LogP contribution in [0.3, 0.4) is 0 Å². The molecule has 1 heterocycles. The average molecular weight is 355 g/mol. The van der Waals surface area contributed by atoms with Crippen LogP contribution in [0.2, 0.25) is 0 Å². The molecule has 0 spiro atoms. The number of hydrogen-bond acceptors (Lipinski definition) is 1. The van der Waals surface area contributed by atoms with E-state index in [0.717, 1.165) is 24.1 Å². The van der Waals surface area contributed by atoms with Crippen molar-refractivity contribution in [3.8, 4) is 0 Å². The van der Waals surface area contributed by atoms with E-state index in [0.29, 0.717) is 6.54 Å². The van der Waals surface area contributed by atoms with Crippen LogP contribution in [0.5, 0.6) is 0 Å². The largest absolute Gasteiger partial charge is 0.307 e. The van der Waals surface area contributed by atoms with E-state index >= 15 is 0 Å². The van der Waals surface area contributed by atoms with Gasteiger partial charge in [0.2, 0.25) is 5.91 Å². The van der Waals surface area contributed by atoms with Crippen LogP contribution in [-0.4, -0.2) is 5.91 Å². The molecule has 0 radical (unpaired) electrons. The number of carbonyl (C=O) groups excluding carboxylic acids is 1. The highest BCUT2D eigenvalue weighted by atomic mass is 16.2. The molecule has 27 heavy (non-hydrogen) atoms. The van der Waals surface area contributed by atoms with Crippen LogP contribution in [0.1, 0.15) is 36.0 Å². The van der Waals surface area contributed by atoms with Crippen molar-refractivity contribution >= 4 is 11.6 Å². The van der Waals surface area contributed by atoms with Gasteiger partial charge in [0.05, 0.1) is 6.54 Å². The predicted molar refractivity (Wildman–Crippen MR) is 111 cm³/mol. The number of hydrogen-bond donors (Lipinski definition) is 0. The smallest absolute Gasteiger partial charge is 0.230 e. The summed E-state index contributed by atoms with van der Waals surface area (Å²) in [6.45, 7) is 2.70. The number of benzene rings is 3. The van der Waals surface area contributed by atoms with Gasteiger partial charge in [0.15, 0.2) is 0 Å². The van der Waals surface area contributed by atoms with E-state index in [2.05, 4.69) is 61.5 Å². The molecule has 1 amide bonds. The molecule has 0 fully saturated rings. The van der Waals surface area contributed by atoms with E-state index in [4.69, 9.17) is 0 Å². The van der Waals surface area contributed by atoms with Crippen molar-refractivity contribution in [3.63, 3.8) is 0 Å². The third-order valence-electron chi connectivity index (χ3n) is 5.68. The second-order valence-corrected chi connectivity index (χ2v) is 7.38. The number of para-hydroxylation sites is 1. The van der Waals surface area contributed by atoms with Crippen molar-refractivity contribution in [1.29, 1.82) is 0 Å². The Balaban J connectivity index is 1.74. The van der Waals surface area contributed by atoms with Crippen molar-refractivity contribution < 1.29 is 4.79 Å². The summed E-state index contributed by atoms with van der Waals surface area (Å²) in [5, 5.41) is 0. The third kappa shape index (κ3) is 3.66. The first-order valence-electron chi connectivity index (χ1n) is 9.72. The zero-order valence-corrected chi connectivity index (χ0v) is 15.7. The number of aryl methyl sites for hydroxylation is 1. The fraction of sp³-hybridized carbons (Fsp3) is 0.240. The lowest BCUT2D eigenvalue weighted by Crippen LogP contribution is -2.39. The van der Waals surface area contributed by atoms with E-state index in [1.807, 2.05) is 35.2 Å². The van der Waals surface area contributed by atoms with Gasteiger partial charge in [-0.05, 0) is 41.5 Å². The highest BCUT2D eigenvalue weighted by Gasteiger charge is 2.32. The molecule has 3 aromatic carbocycles. The molecular formula is C25H25NO. The predicted octanol–water partition coefficient (Wildman–Crippen LogP) is 5.59. The minimum absolute atomic E-state index is 0.0514. The van der Waals surface area contributed by atoms with E-state index in [1.165, 1.54) is 11.1 Å². The summed E-state index contributed by atoms with van der Waals surface area (Å²) in [6, 6.07) is 29.1. The maximum Gasteiger partial charge on any atom is 0.230 e. The van der Waals surface area contributed by atoms with Gasteiger partial charge < -0.3 is 4.90 Å². The molecule has 3 aromatic rings. The van der Waals surface area contributed by atoms with E-state index in [9.17, 15) is 4.79 Å². The molecular weight excluding hydrogens is 330 g/mol. The first-order valence-corrected chi connectivity index (χ1v) is 9.72. The number of rotatable bonds is 3. The summed E-state index contributed by atoms with van der Waals surface area (Å²) in [7, 11) is 0. The van der Waals surface area contributed by atoms with Crippen LogP contribution in [0, 0.1) is 5.92 Å². The lowest BCUT2D eigenvalue weighted by Gasteiger charge is -2.34. The van der Waals surface area contributed by atoms with Crippen LogP contribution in [0.25, 0.3) is 0 Å². The fourth-order valence-corrected chi connectivity index (χ4v) is 4.17. The topological polar surface area (TPSA) is 20.3 Å². The lowest BCUT2D eigenvalue weighted by atomic mass is 9.80. The van der Waals surface area contributed by atoms with Crippen LogP contribution in [0.4, 0.5) is 5.69 Å². The second-order valence-electron chi connectivity index (χ2n) is 7.38. The first-order chi connectivity index (χ1) is 13.2. The van der Waals surface area contributed by atoms with Crippen LogP contribution in [0.15, 0.2) is 84.9 Å². The molecule has 0 aromatic heterocycles. The van der Waals surface area contributed by atoms with Gasteiger partial charge in [0.25, 0.3) is 0 Å². The summed E-state index contributed by atoms with van der Waals surface area (Å²) in [4.78, 5) is 15.6. The van der Waals surface area contributed by atoms with Crippen molar-refractivity contribution in [2.24, 2.45) is 5.92 Å². The third-order valence-corrected chi connectivity index (χ3v) is 5.68. The van der Waals surface area contributed by atoms with Gasteiger partial charge in [-0.1, -0.05) is 85.8 Å². The lowest BCUT2D eigenvalue weighted by molar-refractivity contribution is -0.122. The van der Waals surface area contributed by atoms with Crippen molar-refractivity contribution in [2.45, 2.75) is 32.2 Å². The maximum atomic E-state index is 13.6. The fourth-order valence-electron chi connectivity index (χ4n) is 4.17. The molecule has 1 aliphatic heterocycles. The van der Waals surface area contributed by atoms with Crippen molar-refractivity contribution in [3.05, 3.63) is 102 Å². The summed E-state index contributed by atoms with van der Waals surface area (Å²) in [5.41, 5.74) is 4.74. The number of anilines is 1. The number of fused-ring (bicyclic) bond motifs is 1. The van der Waals surface area contributed by atoms with E-state index in [-0.39, 0.29) is 17.7 Å². The van der Waals surface area contributed by atoms with Crippen molar-refractivity contribution in [1.82, 2.24) is 0 Å². The Morgan fingerprint density at radius 3 is 2.22 bits per heavy atom. The van der Waals surface area contributed by atoms with Gasteiger partial charge in [0, 0.05) is 11.6 Å². The molecule has 2 heteroatoms. The minimum Gasteiger partial charge on any atom is -0.307 e. The molecule has 0 aliphatic carbocycles. The number of nitrogens with zero attached hydrogens (tertiary/aromatic N) is 1. The normalized spacial score (nSPS) is 19.9. The van der Waals surface area contributed by atoms with Gasteiger partial charge >= 0.3 is 0 Å². The van der Waals surface area contributed by atoms with Gasteiger partial charge in [-0.2, -0.15) is 0 Å². The summed E-state index contributed by atoms with van der Waals surface area (Å²) in [6.07, 6.45) is 1.98. The molecule has 0 saturated carbocycles. The molecule has 1 aliphatic rings. The number of carbonyl (C=O) groups is 1. The SMILES string of the molecule is CC1C(=O)N(Cc2ccccc2)c2ccccc2CCC1c1ccccc1. The zero-order chi connectivity index (χ0) is 18.6. The van der Waals surface area contributed by atoms with E-state index in [1.54, 1.807) is 0 Å². The molecule has 2 atom stereocenters. The zero-order valence-electron chi connectivity index (χ0n) is 15.7. The second kappa shape index (κ2) is 7.79. The van der Waals surface area contributed by atoms with Crippen LogP contribution >= 0.6 is 0 Å². The van der Waals surface area contributed by atoms with Gasteiger partial charge in [-0.25, -0.2) is 0 Å². The Hall–Kier alpha value is -2.87. The quantitative estimate of drug-likeness (QED) is 0.600. The minimum atomic E-state index is -0.0514. The molecule has 2 nitrogen and oxygen atoms in total. The average Bonchev–Trinajstić information content (AvgIpc) is 2.73. The Labute approximate surface area is 161 Å². The Bertz CT molecular complexity index is 904. The summed E-state index contributed by atoms with van der Waals surface area (Å²) in [5.74, 6) is 0.398. The molecule has 0 N–H and O–H groups in total. The van der Waals surface area contributed by atoms with Crippen LogP contribution < -0.4 is 4.90 Å². The highest BCUT2D eigenvalue weighted by Crippen LogP contribution is 2.37. The number of amides is 1. The molecule has 4 rings (SSSR count). The van der Waals surface area contributed by atoms with E-state index < -0.39 is 0 Å². The first kappa shape index (κ1) is 17.5. The van der Waals surface area contributed by atoms with Crippen molar-refractivity contribution in [2.75, 3.05) is 4.90 Å². The standard InChI is InChI=1S/C25H25NO/c1-19-23(21-12-6-3-7-13-21)17-16-22-14-8-9-15-24(22)26(25(19)27)18-20-10-4-2-5-11-20/h2-15,19,23H,16-18H2,1H3. The highest BCUT2D eigenvalue weighted by molar-refractivity contribution is 5.96. The van der Waals surface area contributed by atoms with Gasteiger partial charge in [0.1, 0.15) is 0 Å².